The third kappa shape index (κ3) is 3.14. The van der Waals surface area contributed by atoms with Gasteiger partial charge in [-0.2, -0.15) is 5.26 Å². The predicted octanol–water partition coefficient (Wildman–Crippen LogP) is 3.81. The molecule has 0 bridgehead atoms. The summed E-state index contributed by atoms with van der Waals surface area (Å²) in [5.74, 6) is 0. The highest BCUT2D eigenvalue weighted by Crippen LogP contribution is 2.24. The van der Waals surface area contributed by atoms with E-state index in [1.807, 2.05) is 12.1 Å². The van der Waals surface area contributed by atoms with Crippen LogP contribution in [0.2, 0.25) is 5.02 Å². The van der Waals surface area contributed by atoms with Crippen molar-refractivity contribution in [3.05, 3.63) is 28.8 Å². The van der Waals surface area contributed by atoms with Crippen LogP contribution in [0, 0.1) is 11.3 Å². The van der Waals surface area contributed by atoms with Gasteiger partial charge in [-0.1, -0.05) is 31.0 Å². The van der Waals surface area contributed by atoms with Crippen LogP contribution in [0.3, 0.4) is 0 Å². The molecule has 0 saturated carbocycles. The lowest BCUT2D eigenvalue weighted by Gasteiger charge is -2.15. The number of anilines is 1. The van der Waals surface area contributed by atoms with E-state index < -0.39 is 0 Å². The van der Waals surface area contributed by atoms with E-state index in [1.54, 1.807) is 6.07 Å². The van der Waals surface area contributed by atoms with Crippen LogP contribution < -0.4 is 5.32 Å². The Morgan fingerprint density at radius 2 is 2.27 bits per heavy atom. The van der Waals surface area contributed by atoms with Gasteiger partial charge in [-0.3, -0.25) is 0 Å². The summed E-state index contributed by atoms with van der Waals surface area (Å²) in [6.07, 6.45) is 2.20. The molecule has 0 radical (unpaired) electrons. The molecule has 3 heteroatoms. The van der Waals surface area contributed by atoms with Gasteiger partial charge in [-0.15, -0.1) is 0 Å². The molecule has 80 valence electrons. The molecule has 0 aliphatic carbocycles. The summed E-state index contributed by atoms with van der Waals surface area (Å²) in [4.78, 5) is 0. The fourth-order valence-electron chi connectivity index (χ4n) is 1.53. The summed E-state index contributed by atoms with van der Waals surface area (Å²) in [5.41, 5.74) is 1.35. The highest BCUT2D eigenvalue weighted by molar-refractivity contribution is 6.32. The average Bonchev–Trinajstić information content (AvgIpc) is 2.18. The number of halogens is 1. The SMILES string of the molecule is CCCC(C)Nc1cccc(Cl)c1C#N. The Balaban J connectivity index is 2.86. The minimum atomic E-state index is 0.362. The fourth-order valence-corrected chi connectivity index (χ4v) is 1.75. The zero-order valence-electron chi connectivity index (χ0n) is 9.05. The monoisotopic (exact) mass is 222 g/mol. The van der Waals surface area contributed by atoms with Gasteiger partial charge in [0.1, 0.15) is 6.07 Å². The first kappa shape index (κ1) is 11.9. The Labute approximate surface area is 95.9 Å². The molecule has 0 fully saturated rings. The van der Waals surface area contributed by atoms with Crippen LogP contribution in [0.5, 0.6) is 0 Å². The number of hydrogen-bond acceptors (Lipinski definition) is 2. The van der Waals surface area contributed by atoms with Crippen LogP contribution in [0.25, 0.3) is 0 Å². The molecule has 0 aliphatic rings. The van der Waals surface area contributed by atoms with Crippen molar-refractivity contribution in [1.29, 1.82) is 5.26 Å². The minimum absolute atomic E-state index is 0.362. The van der Waals surface area contributed by atoms with Crippen LogP contribution in [0.1, 0.15) is 32.3 Å². The predicted molar refractivity (Wildman–Crippen MR) is 64.2 cm³/mol. The summed E-state index contributed by atoms with van der Waals surface area (Å²) >= 11 is 5.93. The summed E-state index contributed by atoms with van der Waals surface area (Å²) in [7, 11) is 0. The van der Waals surface area contributed by atoms with Gasteiger partial charge in [0.2, 0.25) is 0 Å². The maximum Gasteiger partial charge on any atom is 0.103 e. The van der Waals surface area contributed by atoms with E-state index in [1.165, 1.54) is 0 Å². The Bertz CT molecular complexity index is 368. The molecule has 15 heavy (non-hydrogen) atoms. The Morgan fingerprint density at radius 3 is 2.87 bits per heavy atom. The van der Waals surface area contributed by atoms with Gasteiger partial charge < -0.3 is 5.32 Å². The highest BCUT2D eigenvalue weighted by Gasteiger charge is 2.08. The second kappa shape index (κ2) is 5.63. The molecule has 1 N–H and O–H groups in total. The van der Waals surface area contributed by atoms with E-state index in [9.17, 15) is 0 Å². The quantitative estimate of drug-likeness (QED) is 0.841. The molecular formula is C12H15ClN2. The maximum atomic E-state index is 8.97. The lowest BCUT2D eigenvalue weighted by molar-refractivity contribution is 0.690. The van der Waals surface area contributed by atoms with Crippen molar-refractivity contribution in [2.24, 2.45) is 0 Å². The molecule has 2 nitrogen and oxygen atoms in total. The van der Waals surface area contributed by atoms with Crippen molar-refractivity contribution in [3.8, 4) is 6.07 Å². The highest BCUT2D eigenvalue weighted by atomic mass is 35.5. The number of hydrogen-bond donors (Lipinski definition) is 1. The minimum Gasteiger partial charge on any atom is -0.381 e. The smallest absolute Gasteiger partial charge is 0.103 e. The Hall–Kier alpha value is -1.20. The molecule has 0 aromatic heterocycles. The standard InChI is InChI=1S/C12H15ClN2/c1-3-5-9(2)15-12-7-4-6-11(13)10(12)8-14/h4,6-7,9,15H,3,5H2,1-2H3. The van der Waals surface area contributed by atoms with Crippen LogP contribution >= 0.6 is 11.6 Å². The summed E-state index contributed by atoms with van der Waals surface area (Å²) in [5, 5.41) is 12.8. The largest absolute Gasteiger partial charge is 0.381 e. The molecule has 1 unspecified atom stereocenters. The molecule has 1 aromatic carbocycles. The molecule has 0 amide bonds. The van der Waals surface area contributed by atoms with Gasteiger partial charge in [-0.05, 0) is 25.5 Å². The molecule has 1 atom stereocenters. The lowest BCUT2D eigenvalue weighted by atomic mass is 10.1. The Kier molecular flexibility index (Phi) is 4.45. The molecule has 0 spiro atoms. The molecule has 1 aromatic rings. The lowest BCUT2D eigenvalue weighted by Crippen LogP contribution is -2.15. The third-order valence-electron chi connectivity index (χ3n) is 2.25. The van der Waals surface area contributed by atoms with E-state index in [-0.39, 0.29) is 0 Å². The molecule has 1 rings (SSSR count). The Morgan fingerprint density at radius 1 is 1.53 bits per heavy atom. The van der Waals surface area contributed by atoms with Crippen molar-refractivity contribution >= 4 is 17.3 Å². The van der Waals surface area contributed by atoms with E-state index >= 15 is 0 Å². The number of nitrogens with one attached hydrogen (secondary N) is 1. The third-order valence-corrected chi connectivity index (χ3v) is 2.56. The van der Waals surface area contributed by atoms with Gasteiger partial charge in [0.05, 0.1) is 16.3 Å². The van der Waals surface area contributed by atoms with Crippen molar-refractivity contribution in [2.75, 3.05) is 5.32 Å². The van der Waals surface area contributed by atoms with Crippen LogP contribution in [0.15, 0.2) is 18.2 Å². The first-order valence-corrected chi connectivity index (χ1v) is 5.52. The van der Waals surface area contributed by atoms with Crippen molar-refractivity contribution in [1.82, 2.24) is 0 Å². The van der Waals surface area contributed by atoms with Gasteiger partial charge in [0.15, 0.2) is 0 Å². The van der Waals surface area contributed by atoms with E-state index in [0.29, 0.717) is 16.6 Å². The van der Waals surface area contributed by atoms with E-state index in [0.717, 1.165) is 18.5 Å². The number of nitriles is 1. The zero-order chi connectivity index (χ0) is 11.3. The van der Waals surface area contributed by atoms with Gasteiger partial charge in [-0.25, -0.2) is 0 Å². The second-order valence-electron chi connectivity index (χ2n) is 3.61. The normalized spacial score (nSPS) is 11.9. The van der Waals surface area contributed by atoms with E-state index in [4.69, 9.17) is 16.9 Å². The second-order valence-corrected chi connectivity index (χ2v) is 4.02. The zero-order valence-corrected chi connectivity index (χ0v) is 9.80. The van der Waals surface area contributed by atoms with Gasteiger partial charge in [0, 0.05) is 6.04 Å². The summed E-state index contributed by atoms with van der Waals surface area (Å²) in [6.45, 7) is 4.24. The van der Waals surface area contributed by atoms with E-state index in [2.05, 4.69) is 25.2 Å². The molecule has 0 aliphatic heterocycles. The van der Waals surface area contributed by atoms with Crippen molar-refractivity contribution < 1.29 is 0 Å². The van der Waals surface area contributed by atoms with Crippen LogP contribution in [-0.4, -0.2) is 6.04 Å². The molecule has 0 saturated heterocycles. The number of nitrogens with zero attached hydrogens (tertiary/aromatic N) is 1. The molecular weight excluding hydrogens is 208 g/mol. The fraction of sp³-hybridized carbons (Fsp3) is 0.417. The molecule has 0 heterocycles. The average molecular weight is 223 g/mol. The van der Waals surface area contributed by atoms with Crippen molar-refractivity contribution in [2.45, 2.75) is 32.7 Å². The van der Waals surface area contributed by atoms with Crippen LogP contribution in [0.4, 0.5) is 5.69 Å². The topological polar surface area (TPSA) is 35.8 Å². The van der Waals surface area contributed by atoms with Gasteiger partial charge in [0.25, 0.3) is 0 Å². The first-order chi connectivity index (χ1) is 7.19. The van der Waals surface area contributed by atoms with Gasteiger partial charge >= 0.3 is 0 Å². The summed E-state index contributed by atoms with van der Waals surface area (Å²) in [6, 6.07) is 7.95. The van der Waals surface area contributed by atoms with Crippen molar-refractivity contribution in [3.63, 3.8) is 0 Å². The first-order valence-electron chi connectivity index (χ1n) is 5.14. The summed E-state index contributed by atoms with van der Waals surface area (Å²) < 4.78 is 0. The maximum absolute atomic E-state index is 8.97. The number of rotatable bonds is 4. The number of benzene rings is 1. The van der Waals surface area contributed by atoms with Crippen LogP contribution in [-0.2, 0) is 0 Å².